The summed E-state index contributed by atoms with van der Waals surface area (Å²) in [5.74, 6) is 0.984. The van der Waals surface area contributed by atoms with Gasteiger partial charge in [-0.15, -0.1) is 0 Å². The SMILES string of the molecule is COc1ccccc1[C@@H]1CN(Cc2ccccc2)C[C@@H]1NC(=O)OC(C)(C)C. The number of nitrogens with one attached hydrogen (secondary N) is 1. The summed E-state index contributed by atoms with van der Waals surface area (Å²) >= 11 is 0. The molecule has 0 saturated carbocycles. The van der Waals surface area contributed by atoms with E-state index in [0.29, 0.717) is 0 Å². The monoisotopic (exact) mass is 382 g/mol. The molecule has 0 spiro atoms. The molecule has 1 aliphatic rings. The number of hydrogen-bond acceptors (Lipinski definition) is 4. The number of hydrogen-bond donors (Lipinski definition) is 1. The zero-order chi connectivity index (χ0) is 20.1. The van der Waals surface area contributed by atoms with E-state index in [9.17, 15) is 4.79 Å². The predicted octanol–water partition coefficient (Wildman–Crippen LogP) is 4.19. The van der Waals surface area contributed by atoms with Crippen LogP contribution in [0.15, 0.2) is 54.6 Å². The summed E-state index contributed by atoms with van der Waals surface area (Å²) in [4.78, 5) is 14.8. The highest BCUT2D eigenvalue weighted by atomic mass is 16.6. The van der Waals surface area contributed by atoms with E-state index in [-0.39, 0.29) is 18.1 Å². The third kappa shape index (κ3) is 5.26. The Morgan fingerprint density at radius 1 is 1.07 bits per heavy atom. The number of carbonyl (C=O) groups is 1. The van der Waals surface area contributed by atoms with Gasteiger partial charge in [0, 0.05) is 31.1 Å². The fourth-order valence-electron chi connectivity index (χ4n) is 3.75. The van der Waals surface area contributed by atoms with Crippen LogP contribution in [0.2, 0.25) is 0 Å². The molecule has 3 rings (SSSR count). The average molecular weight is 383 g/mol. The van der Waals surface area contributed by atoms with Crippen LogP contribution in [0, 0.1) is 0 Å². The zero-order valence-corrected chi connectivity index (χ0v) is 17.1. The molecule has 1 aliphatic heterocycles. The molecular weight excluding hydrogens is 352 g/mol. The summed E-state index contributed by atoms with van der Waals surface area (Å²) in [6.07, 6.45) is -0.376. The topological polar surface area (TPSA) is 50.8 Å². The number of carbonyl (C=O) groups excluding carboxylic acids is 1. The van der Waals surface area contributed by atoms with Gasteiger partial charge in [-0.05, 0) is 32.4 Å². The van der Waals surface area contributed by atoms with Crippen molar-refractivity contribution in [1.82, 2.24) is 10.2 Å². The molecule has 5 heteroatoms. The fourth-order valence-corrected chi connectivity index (χ4v) is 3.75. The Hall–Kier alpha value is -2.53. The maximum atomic E-state index is 12.4. The molecule has 5 nitrogen and oxygen atoms in total. The highest BCUT2D eigenvalue weighted by molar-refractivity contribution is 5.68. The summed E-state index contributed by atoms with van der Waals surface area (Å²) in [6.45, 7) is 8.08. The molecule has 28 heavy (non-hydrogen) atoms. The first-order valence-corrected chi connectivity index (χ1v) is 9.74. The second kappa shape index (κ2) is 8.65. The van der Waals surface area contributed by atoms with Crippen molar-refractivity contribution in [1.29, 1.82) is 0 Å². The molecule has 1 N–H and O–H groups in total. The normalized spacial score (nSPS) is 20.0. The Balaban J connectivity index is 1.79. The molecule has 0 bridgehead atoms. The number of ether oxygens (including phenoxy) is 2. The minimum atomic E-state index is -0.521. The second-order valence-electron chi connectivity index (χ2n) is 8.28. The number of para-hydroxylation sites is 1. The van der Waals surface area contributed by atoms with Crippen LogP contribution in [0.4, 0.5) is 4.79 Å². The first kappa shape index (κ1) is 20.2. The third-order valence-electron chi connectivity index (χ3n) is 4.89. The molecule has 1 amide bonds. The highest BCUT2D eigenvalue weighted by Gasteiger charge is 2.37. The Bertz CT molecular complexity index is 786. The lowest BCUT2D eigenvalue weighted by Gasteiger charge is -2.25. The number of alkyl carbamates (subject to hydrolysis) is 1. The van der Waals surface area contributed by atoms with Gasteiger partial charge in [-0.25, -0.2) is 4.79 Å². The molecule has 1 saturated heterocycles. The molecule has 0 aromatic heterocycles. The summed E-state index contributed by atoms with van der Waals surface area (Å²) in [6, 6.07) is 18.4. The van der Waals surface area contributed by atoms with Crippen molar-refractivity contribution in [2.24, 2.45) is 0 Å². The van der Waals surface area contributed by atoms with Crippen LogP contribution in [-0.2, 0) is 11.3 Å². The van der Waals surface area contributed by atoms with Crippen molar-refractivity contribution in [3.05, 3.63) is 65.7 Å². The summed E-state index contributed by atoms with van der Waals surface area (Å²) < 4.78 is 11.1. The van der Waals surface area contributed by atoms with E-state index in [1.807, 2.05) is 45.0 Å². The van der Waals surface area contributed by atoms with Crippen LogP contribution in [0.1, 0.15) is 37.8 Å². The molecule has 2 aromatic rings. The molecule has 0 unspecified atom stereocenters. The average Bonchev–Trinajstić information content (AvgIpc) is 3.02. The standard InChI is InChI=1S/C23H30N2O3/c1-23(2,3)28-22(26)24-20-16-25(14-17-10-6-5-7-11-17)15-19(20)18-12-8-9-13-21(18)27-4/h5-13,19-20H,14-16H2,1-4H3,(H,24,26)/t19-,20-/m0/s1. The first-order valence-electron chi connectivity index (χ1n) is 9.74. The van der Waals surface area contributed by atoms with Gasteiger partial charge in [0.2, 0.25) is 0 Å². The van der Waals surface area contributed by atoms with Crippen LogP contribution >= 0.6 is 0 Å². The smallest absolute Gasteiger partial charge is 0.407 e. The van der Waals surface area contributed by atoms with Crippen molar-refractivity contribution in [3.63, 3.8) is 0 Å². The Kier molecular flexibility index (Phi) is 6.25. The van der Waals surface area contributed by atoms with Gasteiger partial charge >= 0.3 is 6.09 Å². The van der Waals surface area contributed by atoms with Crippen molar-refractivity contribution in [2.75, 3.05) is 20.2 Å². The fraction of sp³-hybridized carbons (Fsp3) is 0.435. The molecule has 2 atom stereocenters. The van der Waals surface area contributed by atoms with Crippen molar-refractivity contribution < 1.29 is 14.3 Å². The molecule has 0 radical (unpaired) electrons. The van der Waals surface area contributed by atoms with Crippen LogP contribution in [-0.4, -0.2) is 42.8 Å². The van der Waals surface area contributed by atoms with Gasteiger partial charge in [0.1, 0.15) is 11.4 Å². The van der Waals surface area contributed by atoms with E-state index in [1.54, 1.807) is 7.11 Å². The number of amides is 1. The minimum Gasteiger partial charge on any atom is -0.496 e. The van der Waals surface area contributed by atoms with E-state index < -0.39 is 5.60 Å². The molecule has 150 valence electrons. The molecule has 0 aliphatic carbocycles. The van der Waals surface area contributed by atoms with Crippen LogP contribution in [0.3, 0.4) is 0 Å². The molecule has 2 aromatic carbocycles. The maximum absolute atomic E-state index is 12.4. The van der Waals surface area contributed by atoms with E-state index in [1.165, 1.54) is 5.56 Å². The summed E-state index contributed by atoms with van der Waals surface area (Å²) in [5, 5.41) is 3.09. The molecule has 1 heterocycles. The quantitative estimate of drug-likeness (QED) is 0.843. The highest BCUT2D eigenvalue weighted by Crippen LogP contribution is 2.34. The second-order valence-corrected chi connectivity index (χ2v) is 8.28. The minimum absolute atomic E-state index is 0.0464. The Labute approximate surface area is 167 Å². The van der Waals surface area contributed by atoms with Crippen molar-refractivity contribution in [3.8, 4) is 5.75 Å². The zero-order valence-electron chi connectivity index (χ0n) is 17.1. The summed E-state index contributed by atoms with van der Waals surface area (Å²) in [5.41, 5.74) is 1.85. The third-order valence-corrected chi connectivity index (χ3v) is 4.89. The lowest BCUT2D eigenvalue weighted by Crippen LogP contribution is -2.42. The van der Waals surface area contributed by atoms with Gasteiger partial charge in [0.25, 0.3) is 0 Å². The van der Waals surface area contributed by atoms with Crippen LogP contribution in [0.5, 0.6) is 5.75 Å². The first-order chi connectivity index (χ1) is 13.4. The lowest BCUT2D eigenvalue weighted by atomic mass is 9.93. The molecular formula is C23H30N2O3. The van der Waals surface area contributed by atoms with Gasteiger partial charge in [-0.2, -0.15) is 0 Å². The van der Waals surface area contributed by atoms with E-state index in [2.05, 4.69) is 40.5 Å². The Morgan fingerprint density at radius 3 is 2.43 bits per heavy atom. The lowest BCUT2D eigenvalue weighted by molar-refractivity contribution is 0.0502. The van der Waals surface area contributed by atoms with Gasteiger partial charge in [0.15, 0.2) is 0 Å². The molecule has 1 fully saturated rings. The van der Waals surface area contributed by atoms with Gasteiger partial charge in [-0.1, -0.05) is 48.5 Å². The van der Waals surface area contributed by atoms with Gasteiger partial charge < -0.3 is 14.8 Å². The number of likely N-dealkylation sites (tertiary alicyclic amines) is 1. The van der Waals surface area contributed by atoms with Gasteiger partial charge in [0.05, 0.1) is 13.2 Å². The van der Waals surface area contributed by atoms with Crippen molar-refractivity contribution >= 4 is 6.09 Å². The number of methoxy groups -OCH3 is 1. The number of nitrogens with zero attached hydrogens (tertiary/aromatic N) is 1. The predicted molar refractivity (Wildman–Crippen MR) is 111 cm³/mol. The van der Waals surface area contributed by atoms with Crippen LogP contribution < -0.4 is 10.1 Å². The summed E-state index contributed by atoms with van der Waals surface area (Å²) in [7, 11) is 1.69. The Morgan fingerprint density at radius 2 is 1.75 bits per heavy atom. The number of benzene rings is 2. The number of rotatable bonds is 5. The maximum Gasteiger partial charge on any atom is 0.407 e. The van der Waals surface area contributed by atoms with E-state index >= 15 is 0 Å². The van der Waals surface area contributed by atoms with E-state index in [0.717, 1.165) is 30.9 Å². The van der Waals surface area contributed by atoms with Crippen LogP contribution in [0.25, 0.3) is 0 Å². The van der Waals surface area contributed by atoms with Crippen molar-refractivity contribution in [2.45, 2.75) is 44.9 Å². The largest absolute Gasteiger partial charge is 0.496 e. The van der Waals surface area contributed by atoms with Gasteiger partial charge in [-0.3, -0.25) is 4.90 Å². The van der Waals surface area contributed by atoms with E-state index in [4.69, 9.17) is 9.47 Å².